The average Bonchev–Trinajstić information content (AvgIpc) is 2.68. The van der Waals surface area contributed by atoms with E-state index in [4.69, 9.17) is 14.3 Å². The monoisotopic (exact) mass is 472 g/mol. The Morgan fingerprint density at radius 3 is 2.55 bits per heavy atom. The number of ether oxygens (including phenoxy) is 1. The maximum absolute atomic E-state index is 13.5. The van der Waals surface area contributed by atoms with Crippen LogP contribution in [0, 0.1) is 11.8 Å². The number of esters is 1. The van der Waals surface area contributed by atoms with Crippen LogP contribution in [0.1, 0.15) is 69.8 Å². The van der Waals surface area contributed by atoms with Gasteiger partial charge in [0.15, 0.2) is 0 Å². The number of hydrogen-bond acceptors (Lipinski definition) is 4. The lowest BCUT2D eigenvalue weighted by atomic mass is 9.87. The van der Waals surface area contributed by atoms with E-state index in [2.05, 4.69) is 59.9 Å². The molecule has 33 heavy (non-hydrogen) atoms. The van der Waals surface area contributed by atoms with Gasteiger partial charge in [0.05, 0.1) is 0 Å². The van der Waals surface area contributed by atoms with Crippen molar-refractivity contribution < 1.29 is 23.9 Å². The van der Waals surface area contributed by atoms with Crippen molar-refractivity contribution in [2.45, 2.75) is 84.5 Å². The smallest absolute Gasteiger partial charge is 0.342 e. The predicted molar refractivity (Wildman–Crippen MR) is 135 cm³/mol. The van der Waals surface area contributed by atoms with Crippen LogP contribution in [-0.2, 0) is 16.0 Å². The fourth-order valence-corrected chi connectivity index (χ4v) is 4.64. The third-order valence-corrected chi connectivity index (χ3v) is 11.4. The molecule has 182 valence electrons. The molecule has 0 aromatic heterocycles. The van der Waals surface area contributed by atoms with E-state index in [0.717, 1.165) is 18.1 Å². The molecule has 1 aromatic carbocycles. The van der Waals surface area contributed by atoms with Gasteiger partial charge in [0.1, 0.15) is 17.4 Å². The first kappa shape index (κ1) is 26.9. The van der Waals surface area contributed by atoms with Crippen LogP contribution in [-0.4, -0.2) is 31.5 Å². The molecule has 1 unspecified atom stereocenters. The summed E-state index contributed by atoms with van der Waals surface area (Å²) >= 11 is 0. The zero-order chi connectivity index (χ0) is 24.8. The van der Waals surface area contributed by atoms with Gasteiger partial charge in [0.25, 0.3) is 8.32 Å². The summed E-state index contributed by atoms with van der Waals surface area (Å²) in [6, 6.07) is 5.75. The summed E-state index contributed by atoms with van der Waals surface area (Å²) in [6.45, 7) is 15.2. The summed E-state index contributed by atoms with van der Waals surface area (Å²) in [6.07, 6.45) is 9.22. The number of carbonyl (C=O) groups is 2. The normalized spacial score (nSPS) is 23.7. The molecule has 0 amide bonds. The average molecular weight is 473 g/mol. The molecule has 0 aliphatic carbocycles. The van der Waals surface area contributed by atoms with Crippen molar-refractivity contribution in [1.82, 2.24) is 0 Å². The third kappa shape index (κ3) is 7.59. The van der Waals surface area contributed by atoms with Gasteiger partial charge < -0.3 is 14.3 Å². The summed E-state index contributed by atoms with van der Waals surface area (Å²) in [5, 5.41) is 8.95. The van der Waals surface area contributed by atoms with Gasteiger partial charge in [-0.1, -0.05) is 65.0 Å². The van der Waals surface area contributed by atoms with E-state index in [0.29, 0.717) is 42.4 Å². The van der Waals surface area contributed by atoms with Crippen molar-refractivity contribution in [3.05, 3.63) is 53.6 Å². The Hall–Kier alpha value is -2.34. The van der Waals surface area contributed by atoms with E-state index in [-0.39, 0.29) is 5.04 Å². The Bertz CT molecular complexity index is 894. The van der Waals surface area contributed by atoms with Crippen LogP contribution in [0.2, 0.25) is 18.1 Å². The molecule has 0 fully saturated rings. The van der Waals surface area contributed by atoms with Crippen LogP contribution in [0.25, 0.3) is 0 Å². The summed E-state index contributed by atoms with van der Waals surface area (Å²) in [7, 11) is -2.18. The first-order valence-corrected chi connectivity index (χ1v) is 14.8. The highest BCUT2D eigenvalue weighted by Crippen LogP contribution is 2.39. The van der Waals surface area contributed by atoms with Gasteiger partial charge in [0, 0.05) is 12.5 Å². The summed E-state index contributed by atoms with van der Waals surface area (Å²) in [5.41, 5.74) is 1.37. The van der Waals surface area contributed by atoms with Gasteiger partial charge in [-0.25, -0.2) is 9.59 Å². The van der Waals surface area contributed by atoms with Gasteiger partial charge in [-0.05, 0) is 60.9 Å². The van der Waals surface area contributed by atoms with Crippen molar-refractivity contribution in [3.63, 3.8) is 0 Å². The lowest BCUT2D eigenvalue weighted by Gasteiger charge is -2.37. The van der Waals surface area contributed by atoms with Crippen LogP contribution in [0.3, 0.4) is 0 Å². The van der Waals surface area contributed by atoms with Crippen molar-refractivity contribution >= 4 is 20.3 Å². The number of benzene rings is 1. The number of rotatable bonds is 5. The molecule has 0 spiro atoms. The number of carboxylic acids is 1. The van der Waals surface area contributed by atoms with E-state index in [1.54, 1.807) is 6.08 Å². The van der Waals surface area contributed by atoms with E-state index < -0.39 is 26.4 Å². The number of hydrogen-bond donors (Lipinski definition) is 1. The minimum Gasteiger partial charge on any atom is -0.543 e. The molecule has 2 rings (SSSR count). The fourth-order valence-electron chi connectivity index (χ4n) is 3.62. The van der Waals surface area contributed by atoms with Crippen molar-refractivity contribution in [3.8, 4) is 5.75 Å². The lowest BCUT2D eigenvalue weighted by molar-refractivity contribution is -0.131. The molecule has 6 heteroatoms. The predicted octanol–water partition coefficient (Wildman–Crippen LogP) is 6.79. The van der Waals surface area contributed by atoms with Gasteiger partial charge in [0.2, 0.25) is 0 Å². The quantitative estimate of drug-likeness (QED) is 0.221. The summed E-state index contributed by atoms with van der Waals surface area (Å²) in [4.78, 5) is 24.5. The van der Waals surface area contributed by atoms with Crippen molar-refractivity contribution in [1.29, 1.82) is 0 Å². The highest BCUT2D eigenvalue weighted by atomic mass is 28.4. The molecule has 0 saturated heterocycles. The summed E-state index contributed by atoms with van der Waals surface area (Å²) < 4.78 is 12.6. The fraction of sp³-hybridized carbons (Fsp3) is 0.556. The van der Waals surface area contributed by atoms with Crippen LogP contribution in [0.4, 0.5) is 0 Å². The second kappa shape index (κ2) is 11.2. The molecule has 0 saturated carbocycles. The van der Waals surface area contributed by atoms with E-state index in [1.165, 1.54) is 0 Å². The molecule has 0 radical (unpaired) electrons. The van der Waals surface area contributed by atoms with Crippen LogP contribution in [0.15, 0.2) is 42.5 Å². The second-order valence-electron chi connectivity index (χ2n) is 10.8. The molecule has 3 atom stereocenters. The number of carboxylic acid groups (broad SMARTS) is 1. The molecular formula is C27H40O5Si. The minimum atomic E-state index is -2.18. The topological polar surface area (TPSA) is 72.8 Å². The lowest BCUT2D eigenvalue weighted by Crippen LogP contribution is -2.44. The van der Waals surface area contributed by atoms with Crippen molar-refractivity contribution in [2.24, 2.45) is 11.8 Å². The molecule has 1 N–H and O–H groups in total. The zero-order valence-electron chi connectivity index (χ0n) is 21.2. The second-order valence-corrected chi connectivity index (χ2v) is 15.5. The molecule has 1 heterocycles. The Morgan fingerprint density at radius 1 is 1.21 bits per heavy atom. The zero-order valence-corrected chi connectivity index (χ0v) is 22.2. The van der Waals surface area contributed by atoms with E-state index in [9.17, 15) is 9.59 Å². The molecular weight excluding hydrogens is 432 g/mol. The Morgan fingerprint density at radius 2 is 1.91 bits per heavy atom. The molecule has 0 bridgehead atoms. The summed E-state index contributed by atoms with van der Waals surface area (Å²) in [5.74, 6) is -0.0737. The Labute approximate surface area is 200 Å². The Kier molecular flexibility index (Phi) is 9.12. The molecule has 1 aromatic rings. The minimum absolute atomic E-state index is 0.0132. The maximum atomic E-state index is 13.5. The van der Waals surface area contributed by atoms with Gasteiger partial charge >= 0.3 is 11.9 Å². The van der Waals surface area contributed by atoms with Crippen LogP contribution >= 0.6 is 0 Å². The third-order valence-electron chi connectivity index (χ3n) is 7.04. The number of carbonyl (C=O) groups excluding carboxylic acids is 1. The SMILES string of the molecule is C[C@@H]1CC(C/C=C/C(=O)O)OC(=O)c2c(cccc2O[Si](C)(C)C(C)(C)C)C/C=C/C[C@@H]1C. The van der Waals surface area contributed by atoms with Gasteiger partial charge in [-0.15, -0.1) is 0 Å². The first-order valence-electron chi connectivity index (χ1n) is 11.9. The molecule has 5 nitrogen and oxygen atoms in total. The maximum Gasteiger partial charge on any atom is 0.342 e. The number of aliphatic carboxylic acids is 1. The van der Waals surface area contributed by atoms with E-state index in [1.807, 2.05) is 18.2 Å². The molecule has 1 aliphatic rings. The van der Waals surface area contributed by atoms with Gasteiger partial charge in [-0.3, -0.25) is 0 Å². The van der Waals surface area contributed by atoms with E-state index >= 15 is 0 Å². The molecule has 1 aliphatic heterocycles. The first-order chi connectivity index (χ1) is 15.3. The van der Waals surface area contributed by atoms with Crippen LogP contribution in [0.5, 0.6) is 5.75 Å². The van der Waals surface area contributed by atoms with Gasteiger partial charge in [-0.2, -0.15) is 0 Å². The number of allylic oxidation sites excluding steroid dienone is 2. The number of cyclic esters (lactones) is 1. The number of fused-ring (bicyclic) bond motifs is 1. The standard InChI is InChI=1S/C27H40O5Si/c1-19-12-8-9-13-21-14-10-16-23(32-33(6,7)27(3,4)5)25(21)26(30)31-22(18-20(19)2)15-11-17-24(28)29/h8-11,14,16-17,19-20,22H,12-13,15,18H2,1-7H3,(H,28,29)/b9-8+,17-11+/t19-,20+,22?/m0/s1. The largest absolute Gasteiger partial charge is 0.543 e. The Balaban J connectivity index is 2.48. The highest BCUT2D eigenvalue weighted by molar-refractivity contribution is 6.74. The van der Waals surface area contributed by atoms with Crippen molar-refractivity contribution in [2.75, 3.05) is 0 Å². The highest BCUT2D eigenvalue weighted by Gasteiger charge is 2.40. The van der Waals surface area contributed by atoms with Crippen LogP contribution < -0.4 is 4.43 Å².